The first kappa shape index (κ1) is 14.1. The number of alkyl halides is 1. The number of hydrogen-bond acceptors (Lipinski definition) is 4. The van der Waals surface area contributed by atoms with Gasteiger partial charge >= 0.3 is 0 Å². The standard InChI is InChI=1S/C15H14FN3O/c16-7-14(18)15(20)11-3-1-10(2-4-11)12-5-6-13(8-17)19-9-12/h1-6,9,14-15,20H,7,18H2/t14-,15-/m1/s1. The molecule has 3 N–H and O–H groups in total. The van der Waals surface area contributed by atoms with Crippen LogP contribution in [0.25, 0.3) is 11.1 Å². The lowest BCUT2D eigenvalue weighted by Crippen LogP contribution is -2.30. The van der Waals surface area contributed by atoms with E-state index in [-0.39, 0.29) is 0 Å². The van der Waals surface area contributed by atoms with Gasteiger partial charge in [-0.3, -0.25) is 0 Å². The highest BCUT2D eigenvalue weighted by Crippen LogP contribution is 2.22. The van der Waals surface area contributed by atoms with Gasteiger partial charge in [0.1, 0.15) is 18.4 Å². The lowest BCUT2D eigenvalue weighted by molar-refractivity contribution is 0.132. The topological polar surface area (TPSA) is 82.9 Å². The lowest BCUT2D eigenvalue weighted by Gasteiger charge is -2.16. The molecular weight excluding hydrogens is 257 g/mol. The first-order chi connectivity index (χ1) is 9.65. The number of aromatic nitrogens is 1. The number of hydrogen-bond donors (Lipinski definition) is 2. The Bertz CT molecular complexity index is 605. The molecule has 0 bridgehead atoms. The summed E-state index contributed by atoms with van der Waals surface area (Å²) in [5.74, 6) is 0. The van der Waals surface area contributed by atoms with E-state index in [9.17, 15) is 9.50 Å². The molecule has 0 aliphatic rings. The molecule has 5 heteroatoms. The maximum atomic E-state index is 12.4. The van der Waals surface area contributed by atoms with E-state index in [2.05, 4.69) is 4.98 Å². The maximum absolute atomic E-state index is 12.4. The Hall–Kier alpha value is -2.29. The molecule has 0 aliphatic heterocycles. The summed E-state index contributed by atoms with van der Waals surface area (Å²) in [6.07, 6.45) is 0.588. The molecule has 20 heavy (non-hydrogen) atoms. The van der Waals surface area contributed by atoms with Gasteiger partial charge in [-0.05, 0) is 23.3 Å². The summed E-state index contributed by atoms with van der Waals surface area (Å²) in [5.41, 5.74) is 8.15. The summed E-state index contributed by atoms with van der Waals surface area (Å²) in [5, 5.41) is 18.5. The van der Waals surface area contributed by atoms with E-state index >= 15 is 0 Å². The summed E-state index contributed by atoms with van der Waals surface area (Å²) in [6.45, 7) is -0.775. The van der Waals surface area contributed by atoms with Gasteiger partial charge in [0.05, 0.1) is 12.1 Å². The normalized spacial score (nSPS) is 13.5. The second-order valence-electron chi connectivity index (χ2n) is 4.43. The third-order valence-corrected chi connectivity index (χ3v) is 3.05. The van der Waals surface area contributed by atoms with Crippen LogP contribution in [0.4, 0.5) is 4.39 Å². The van der Waals surface area contributed by atoms with Crippen LogP contribution in [-0.2, 0) is 0 Å². The SMILES string of the molecule is N#Cc1ccc(-c2ccc([C@@H](O)[C@H](N)CF)cc2)cn1. The molecule has 0 unspecified atom stereocenters. The van der Waals surface area contributed by atoms with Crippen LogP contribution in [-0.4, -0.2) is 22.8 Å². The van der Waals surface area contributed by atoms with Gasteiger partial charge in [-0.15, -0.1) is 0 Å². The minimum absolute atomic E-state index is 0.356. The van der Waals surface area contributed by atoms with Crippen LogP contribution < -0.4 is 5.73 Å². The summed E-state index contributed by atoms with van der Waals surface area (Å²) in [4.78, 5) is 3.99. The van der Waals surface area contributed by atoms with E-state index in [4.69, 9.17) is 11.0 Å². The summed E-state index contributed by atoms with van der Waals surface area (Å²) >= 11 is 0. The first-order valence-electron chi connectivity index (χ1n) is 6.12. The highest BCUT2D eigenvalue weighted by Gasteiger charge is 2.16. The van der Waals surface area contributed by atoms with Crippen LogP contribution in [0.2, 0.25) is 0 Å². The number of pyridine rings is 1. The van der Waals surface area contributed by atoms with Crippen molar-refractivity contribution in [3.05, 3.63) is 53.9 Å². The monoisotopic (exact) mass is 271 g/mol. The Morgan fingerprint density at radius 3 is 2.35 bits per heavy atom. The molecule has 1 heterocycles. The van der Waals surface area contributed by atoms with E-state index in [1.807, 2.05) is 6.07 Å². The lowest BCUT2D eigenvalue weighted by atomic mass is 10.00. The predicted octanol–water partition coefficient (Wildman–Crippen LogP) is 1.95. The van der Waals surface area contributed by atoms with E-state index in [1.54, 1.807) is 42.6 Å². The molecular formula is C15H14FN3O. The van der Waals surface area contributed by atoms with Crippen molar-refractivity contribution in [3.8, 4) is 17.2 Å². The molecule has 2 atom stereocenters. The largest absolute Gasteiger partial charge is 0.387 e. The van der Waals surface area contributed by atoms with Crippen LogP contribution in [0.1, 0.15) is 17.4 Å². The number of aliphatic hydroxyl groups is 1. The fraction of sp³-hybridized carbons (Fsp3) is 0.200. The van der Waals surface area contributed by atoms with Gasteiger partial charge in [0.2, 0.25) is 0 Å². The molecule has 102 valence electrons. The first-order valence-corrected chi connectivity index (χ1v) is 6.12. The van der Waals surface area contributed by atoms with E-state index in [1.165, 1.54) is 0 Å². The van der Waals surface area contributed by atoms with Crippen LogP contribution in [0, 0.1) is 11.3 Å². The number of benzene rings is 1. The Labute approximate surface area is 116 Å². The molecule has 0 fully saturated rings. The van der Waals surface area contributed by atoms with Gasteiger partial charge in [0.15, 0.2) is 0 Å². The average molecular weight is 271 g/mol. The molecule has 0 spiro atoms. The van der Waals surface area contributed by atoms with Gasteiger partial charge in [0.25, 0.3) is 0 Å². The Morgan fingerprint density at radius 2 is 1.85 bits per heavy atom. The predicted molar refractivity (Wildman–Crippen MR) is 73.3 cm³/mol. The zero-order valence-corrected chi connectivity index (χ0v) is 10.7. The minimum Gasteiger partial charge on any atom is -0.387 e. The number of aliphatic hydroxyl groups excluding tert-OH is 1. The number of rotatable bonds is 4. The summed E-state index contributed by atoms with van der Waals surface area (Å²) in [7, 11) is 0. The number of nitrogens with zero attached hydrogens (tertiary/aromatic N) is 2. The molecule has 0 aliphatic carbocycles. The smallest absolute Gasteiger partial charge is 0.140 e. The molecule has 2 aromatic rings. The van der Waals surface area contributed by atoms with Gasteiger partial charge in [-0.2, -0.15) is 5.26 Å². The number of halogens is 1. The van der Waals surface area contributed by atoms with Gasteiger partial charge < -0.3 is 10.8 Å². The van der Waals surface area contributed by atoms with Crippen molar-refractivity contribution in [1.82, 2.24) is 4.98 Å². The van der Waals surface area contributed by atoms with Crippen molar-refractivity contribution < 1.29 is 9.50 Å². The van der Waals surface area contributed by atoms with Crippen LogP contribution in [0.5, 0.6) is 0 Å². The van der Waals surface area contributed by atoms with E-state index < -0.39 is 18.8 Å². The molecule has 0 saturated heterocycles. The van der Waals surface area contributed by atoms with Crippen molar-refractivity contribution in [2.24, 2.45) is 5.73 Å². The zero-order valence-electron chi connectivity index (χ0n) is 10.7. The second-order valence-corrected chi connectivity index (χ2v) is 4.43. The molecule has 1 aromatic heterocycles. The van der Waals surface area contributed by atoms with Gasteiger partial charge in [0, 0.05) is 11.8 Å². The second kappa shape index (κ2) is 6.24. The third-order valence-electron chi connectivity index (χ3n) is 3.05. The van der Waals surface area contributed by atoms with Crippen molar-refractivity contribution in [2.45, 2.75) is 12.1 Å². The fourth-order valence-electron chi connectivity index (χ4n) is 1.84. The Kier molecular flexibility index (Phi) is 4.41. The summed E-state index contributed by atoms with van der Waals surface area (Å²) < 4.78 is 12.4. The van der Waals surface area contributed by atoms with Crippen LogP contribution in [0.15, 0.2) is 42.6 Å². The van der Waals surface area contributed by atoms with Crippen LogP contribution in [0.3, 0.4) is 0 Å². The Balaban J connectivity index is 2.21. The highest BCUT2D eigenvalue weighted by atomic mass is 19.1. The zero-order chi connectivity index (χ0) is 14.5. The fourth-order valence-corrected chi connectivity index (χ4v) is 1.84. The van der Waals surface area contributed by atoms with Crippen LogP contribution >= 0.6 is 0 Å². The van der Waals surface area contributed by atoms with Crippen molar-refractivity contribution in [3.63, 3.8) is 0 Å². The molecule has 0 saturated carbocycles. The third kappa shape index (κ3) is 2.99. The van der Waals surface area contributed by atoms with Crippen molar-refractivity contribution in [1.29, 1.82) is 5.26 Å². The Morgan fingerprint density at radius 1 is 1.20 bits per heavy atom. The van der Waals surface area contributed by atoms with Crippen molar-refractivity contribution in [2.75, 3.05) is 6.67 Å². The summed E-state index contributed by atoms with van der Waals surface area (Å²) in [6, 6.07) is 11.5. The van der Waals surface area contributed by atoms with E-state index in [0.717, 1.165) is 11.1 Å². The van der Waals surface area contributed by atoms with Gasteiger partial charge in [-0.25, -0.2) is 9.37 Å². The molecule has 4 nitrogen and oxygen atoms in total. The quantitative estimate of drug-likeness (QED) is 0.890. The minimum atomic E-state index is -1.02. The number of nitrogens with two attached hydrogens (primary N) is 1. The molecule has 1 aromatic carbocycles. The van der Waals surface area contributed by atoms with E-state index in [0.29, 0.717) is 11.3 Å². The molecule has 0 amide bonds. The van der Waals surface area contributed by atoms with Gasteiger partial charge in [-0.1, -0.05) is 24.3 Å². The molecule has 0 radical (unpaired) electrons. The average Bonchev–Trinajstić information content (AvgIpc) is 2.53. The highest BCUT2D eigenvalue weighted by molar-refractivity contribution is 5.63. The molecule has 2 rings (SSSR count). The van der Waals surface area contributed by atoms with Crippen molar-refractivity contribution >= 4 is 0 Å². The number of nitriles is 1. The maximum Gasteiger partial charge on any atom is 0.140 e.